The van der Waals surface area contributed by atoms with E-state index in [1.807, 2.05) is 4.90 Å². The molecule has 1 fully saturated rings. The maximum Gasteiger partial charge on any atom is 0.335 e. The van der Waals surface area contributed by atoms with Gasteiger partial charge in [0, 0.05) is 13.1 Å². The number of ether oxygens (including phenoxy) is 1. The minimum atomic E-state index is -0.977. The van der Waals surface area contributed by atoms with Gasteiger partial charge in [-0.05, 0) is 43.0 Å². The number of likely N-dealkylation sites (tertiary alicyclic amines) is 1. The van der Waals surface area contributed by atoms with E-state index in [9.17, 15) is 9.59 Å². The average Bonchev–Trinajstić information content (AvgIpc) is 2.45. The number of rotatable bonds is 4. The van der Waals surface area contributed by atoms with Crippen LogP contribution in [0.5, 0.6) is 5.75 Å². The van der Waals surface area contributed by atoms with Crippen LogP contribution in [0.2, 0.25) is 0 Å². The number of piperidine rings is 1. The van der Waals surface area contributed by atoms with Crippen LogP contribution in [0.15, 0.2) is 24.3 Å². The summed E-state index contributed by atoms with van der Waals surface area (Å²) < 4.78 is 5.41. The standard InChI is InChI=1S/C15H19NO4/c1-11-3-2-8-16(9-11)14(17)10-20-13-6-4-12(5-7-13)15(18)19/h4-7,11H,2-3,8-10H2,1H3,(H,18,19)/t11-/m1/s1. The van der Waals surface area contributed by atoms with Crippen molar-refractivity contribution in [2.75, 3.05) is 19.7 Å². The summed E-state index contributed by atoms with van der Waals surface area (Å²) in [4.78, 5) is 24.5. The van der Waals surface area contributed by atoms with Crippen molar-refractivity contribution < 1.29 is 19.4 Å². The first kappa shape index (κ1) is 14.4. The van der Waals surface area contributed by atoms with Gasteiger partial charge in [0.2, 0.25) is 0 Å². The molecule has 0 aromatic heterocycles. The van der Waals surface area contributed by atoms with Gasteiger partial charge in [-0.2, -0.15) is 0 Å². The van der Waals surface area contributed by atoms with E-state index in [1.165, 1.54) is 18.6 Å². The highest BCUT2D eigenvalue weighted by molar-refractivity contribution is 5.87. The van der Waals surface area contributed by atoms with Gasteiger partial charge in [-0.3, -0.25) is 4.79 Å². The van der Waals surface area contributed by atoms with Crippen molar-refractivity contribution >= 4 is 11.9 Å². The monoisotopic (exact) mass is 277 g/mol. The molecule has 1 saturated heterocycles. The zero-order chi connectivity index (χ0) is 14.5. The number of amides is 1. The van der Waals surface area contributed by atoms with Crippen LogP contribution < -0.4 is 4.74 Å². The number of aromatic carboxylic acids is 1. The maximum absolute atomic E-state index is 12.0. The van der Waals surface area contributed by atoms with E-state index in [0.29, 0.717) is 11.7 Å². The molecule has 1 aromatic rings. The lowest BCUT2D eigenvalue weighted by molar-refractivity contribution is -0.135. The SMILES string of the molecule is C[C@@H]1CCCN(C(=O)COc2ccc(C(=O)O)cc2)C1. The van der Waals surface area contributed by atoms with Crippen molar-refractivity contribution in [1.29, 1.82) is 0 Å². The molecule has 5 nitrogen and oxygen atoms in total. The summed E-state index contributed by atoms with van der Waals surface area (Å²) in [5.74, 6) is 0.0600. The lowest BCUT2D eigenvalue weighted by Crippen LogP contribution is -2.41. The van der Waals surface area contributed by atoms with E-state index in [2.05, 4.69) is 6.92 Å². The molecule has 0 bridgehead atoms. The second-order valence-corrected chi connectivity index (χ2v) is 5.21. The summed E-state index contributed by atoms with van der Waals surface area (Å²) in [6.45, 7) is 3.73. The molecule has 1 aromatic carbocycles. The third-order valence-electron chi connectivity index (χ3n) is 3.47. The first-order chi connectivity index (χ1) is 9.56. The fourth-order valence-corrected chi connectivity index (χ4v) is 2.35. The predicted molar refractivity (Wildman–Crippen MR) is 73.9 cm³/mol. The van der Waals surface area contributed by atoms with Gasteiger partial charge in [-0.15, -0.1) is 0 Å². The second-order valence-electron chi connectivity index (χ2n) is 5.21. The summed E-state index contributed by atoms with van der Waals surface area (Å²) >= 11 is 0. The fraction of sp³-hybridized carbons (Fsp3) is 0.467. The normalized spacial score (nSPS) is 18.6. The van der Waals surface area contributed by atoms with Crippen LogP contribution in [0.3, 0.4) is 0 Å². The van der Waals surface area contributed by atoms with Gasteiger partial charge >= 0.3 is 5.97 Å². The number of carboxylic acids is 1. The Hall–Kier alpha value is -2.04. The molecule has 1 amide bonds. The number of carbonyl (C=O) groups is 2. The summed E-state index contributed by atoms with van der Waals surface area (Å²) in [7, 11) is 0. The molecule has 1 aliphatic rings. The molecule has 5 heteroatoms. The lowest BCUT2D eigenvalue weighted by atomic mass is 10.0. The van der Waals surface area contributed by atoms with Crippen LogP contribution in [0.25, 0.3) is 0 Å². The molecule has 0 aliphatic carbocycles. The van der Waals surface area contributed by atoms with Gasteiger partial charge in [-0.25, -0.2) is 4.79 Å². The van der Waals surface area contributed by atoms with E-state index >= 15 is 0 Å². The Bertz CT molecular complexity index is 483. The molecule has 0 radical (unpaired) electrons. The van der Waals surface area contributed by atoms with Crippen molar-refractivity contribution in [2.24, 2.45) is 5.92 Å². The molecule has 2 rings (SSSR count). The maximum atomic E-state index is 12.0. The molecule has 20 heavy (non-hydrogen) atoms. The smallest absolute Gasteiger partial charge is 0.335 e. The van der Waals surface area contributed by atoms with Crippen molar-refractivity contribution in [3.8, 4) is 5.75 Å². The Morgan fingerprint density at radius 3 is 2.65 bits per heavy atom. The molecule has 0 spiro atoms. The minimum Gasteiger partial charge on any atom is -0.484 e. The van der Waals surface area contributed by atoms with Crippen molar-refractivity contribution in [3.63, 3.8) is 0 Å². The number of hydrogen-bond donors (Lipinski definition) is 1. The molecule has 1 atom stereocenters. The van der Waals surface area contributed by atoms with Crippen LogP contribution in [-0.2, 0) is 4.79 Å². The van der Waals surface area contributed by atoms with Gasteiger partial charge < -0.3 is 14.7 Å². The summed E-state index contributed by atoms with van der Waals surface area (Å²) in [6.07, 6.45) is 2.21. The summed E-state index contributed by atoms with van der Waals surface area (Å²) in [5.41, 5.74) is 0.202. The van der Waals surface area contributed by atoms with Crippen LogP contribution in [0, 0.1) is 5.92 Å². The van der Waals surface area contributed by atoms with E-state index in [1.54, 1.807) is 12.1 Å². The Balaban J connectivity index is 1.85. The third kappa shape index (κ3) is 3.73. The zero-order valence-electron chi connectivity index (χ0n) is 11.5. The molecule has 0 unspecified atom stereocenters. The molecular formula is C15H19NO4. The largest absolute Gasteiger partial charge is 0.484 e. The van der Waals surface area contributed by atoms with Crippen LogP contribution in [-0.4, -0.2) is 41.6 Å². The molecule has 1 heterocycles. The Kier molecular flexibility index (Phi) is 4.61. The summed E-state index contributed by atoms with van der Waals surface area (Å²) in [6, 6.07) is 6.06. The van der Waals surface area contributed by atoms with E-state index in [0.717, 1.165) is 19.5 Å². The highest BCUT2D eigenvalue weighted by Crippen LogP contribution is 2.16. The van der Waals surface area contributed by atoms with Crippen LogP contribution in [0.1, 0.15) is 30.1 Å². The molecule has 0 saturated carbocycles. The van der Waals surface area contributed by atoms with Crippen LogP contribution in [0.4, 0.5) is 0 Å². The quantitative estimate of drug-likeness (QED) is 0.914. The second kappa shape index (κ2) is 6.41. The first-order valence-corrected chi connectivity index (χ1v) is 6.80. The number of benzene rings is 1. The highest BCUT2D eigenvalue weighted by atomic mass is 16.5. The van der Waals surface area contributed by atoms with E-state index < -0.39 is 5.97 Å². The zero-order valence-corrected chi connectivity index (χ0v) is 11.5. The lowest BCUT2D eigenvalue weighted by Gasteiger charge is -2.30. The average molecular weight is 277 g/mol. The Morgan fingerprint density at radius 2 is 2.05 bits per heavy atom. The number of hydrogen-bond acceptors (Lipinski definition) is 3. The number of carbonyl (C=O) groups excluding carboxylic acids is 1. The molecule has 108 valence electrons. The van der Waals surface area contributed by atoms with Crippen molar-refractivity contribution in [3.05, 3.63) is 29.8 Å². The van der Waals surface area contributed by atoms with Gasteiger partial charge in [0.1, 0.15) is 5.75 Å². The van der Waals surface area contributed by atoms with Crippen LogP contribution >= 0.6 is 0 Å². The minimum absolute atomic E-state index is 0.000855. The van der Waals surface area contributed by atoms with Gasteiger partial charge in [-0.1, -0.05) is 6.92 Å². The first-order valence-electron chi connectivity index (χ1n) is 6.80. The van der Waals surface area contributed by atoms with Crippen molar-refractivity contribution in [2.45, 2.75) is 19.8 Å². The van der Waals surface area contributed by atoms with Gasteiger partial charge in [0.05, 0.1) is 5.56 Å². The number of carboxylic acid groups (broad SMARTS) is 1. The van der Waals surface area contributed by atoms with Crippen molar-refractivity contribution in [1.82, 2.24) is 4.90 Å². The highest BCUT2D eigenvalue weighted by Gasteiger charge is 2.21. The molecule has 1 aliphatic heterocycles. The van der Waals surface area contributed by atoms with Gasteiger partial charge in [0.25, 0.3) is 5.91 Å². The predicted octanol–water partition coefficient (Wildman–Crippen LogP) is 2.02. The van der Waals surface area contributed by atoms with E-state index in [4.69, 9.17) is 9.84 Å². The van der Waals surface area contributed by atoms with Gasteiger partial charge in [0.15, 0.2) is 6.61 Å². The Morgan fingerprint density at radius 1 is 1.35 bits per heavy atom. The number of nitrogens with zero attached hydrogens (tertiary/aromatic N) is 1. The molecule has 1 N–H and O–H groups in total. The summed E-state index contributed by atoms with van der Waals surface area (Å²) in [5, 5.41) is 8.79. The molecular weight excluding hydrogens is 258 g/mol. The third-order valence-corrected chi connectivity index (χ3v) is 3.47. The fourth-order valence-electron chi connectivity index (χ4n) is 2.35. The van der Waals surface area contributed by atoms with E-state index in [-0.39, 0.29) is 18.1 Å². The Labute approximate surface area is 118 Å². The topological polar surface area (TPSA) is 66.8 Å².